The van der Waals surface area contributed by atoms with Gasteiger partial charge in [0.05, 0.1) is 9.88 Å². The molecule has 27 heavy (non-hydrogen) atoms. The molecule has 2 heterocycles. The van der Waals surface area contributed by atoms with Crippen LogP contribution in [0.5, 0.6) is 0 Å². The number of hydrogen-bond acceptors (Lipinski definition) is 4. The van der Waals surface area contributed by atoms with Crippen molar-refractivity contribution < 1.29 is 9.59 Å². The minimum absolute atomic E-state index is 0.0511. The average molecular weight is 404 g/mol. The van der Waals surface area contributed by atoms with E-state index in [1.165, 1.54) is 11.3 Å². The van der Waals surface area contributed by atoms with Gasteiger partial charge in [0.15, 0.2) is 0 Å². The topological polar surface area (TPSA) is 52.7 Å². The van der Waals surface area contributed by atoms with Crippen LogP contribution in [0.15, 0.2) is 30.3 Å². The second-order valence-corrected chi connectivity index (χ2v) is 8.63. The van der Waals surface area contributed by atoms with E-state index in [1.54, 1.807) is 0 Å². The SMILES string of the molecule is Cc1cc(NC(=O)C2CC2)sc1C(=O)N1CCN(c2cccc(Cl)c2)CC1. The summed E-state index contributed by atoms with van der Waals surface area (Å²) >= 11 is 7.46. The van der Waals surface area contributed by atoms with E-state index in [-0.39, 0.29) is 17.7 Å². The van der Waals surface area contributed by atoms with Gasteiger partial charge < -0.3 is 15.1 Å². The molecule has 1 saturated carbocycles. The number of anilines is 2. The Bertz CT molecular complexity index is 870. The predicted molar refractivity (Wildman–Crippen MR) is 110 cm³/mol. The summed E-state index contributed by atoms with van der Waals surface area (Å²) in [5, 5.41) is 4.44. The molecule has 2 amide bonds. The molecule has 0 atom stereocenters. The number of piperazine rings is 1. The van der Waals surface area contributed by atoms with E-state index in [0.29, 0.717) is 13.1 Å². The maximum atomic E-state index is 12.9. The molecular weight excluding hydrogens is 382 g/mol. The average Bonchev–Trinajstić information content (AvgIpc) is 3.45. The Balaban J connectivity index is 1.39. The van der Waals surface area contributed by atoms with Crippen molar-refractivity contribution in [3.8, 4) is 0 Å². The molecule has 1 saturated heterocycles. The number of thiophene rings is 1. The number of nitrogens with one attached hydrogen (secondary N) is 1. The number of halogens is 1. The van der Waals surface area contributed by atoms with Gasteiger partial charge in [0.1, 0.15) is 0 Å². The quantitative estimate of drug-likeness (QED) is 0.838. The molecule has 2 aliphatic rings. The summed E-state index contributed by atoms with van der Waals surface area (Å²) in [6, 6.07) is 9.71. The van der Waals surface area contributed by atoms with Crippen LogP contribution in [0.3, 0.4) is 0 Å². The van der Waals surface area contributed by atoms with Crippen molar-refractivity contribution in [1.82, 2.24) is 4.90 Å². The molecule has 0 radical (unpaired) electrons. The standard InChI is InChI=1S/C20H22ClN3O2S/c1-13-11-17(22-19(25)14-5-6-14)27-18(13)20(26)24-9-7-23(8-10-24)16-4-2-3-15(21)12-16/h2-4,11-12,14H,5-10H2,1H3,(H,22,25). The van der Waals surface area contributed by atoms with Gasteiger partial charge in [-0.2, -0.15) is 0 Å². The van der Waals surface area contributed by atoms with Crippen molar-refractivity contribution in [2.24, 2.45) is 5.92 Å². The minimum Gasteiger partial charge on any atom is -0.368 e. The molecule has 142 valence electrons. The first-order valence-corrected chi connectivity index (χ1v) is 10.4. The second-order valence-electron chi connectivity index (χ2n) is 7.15. The highest BCUT2D eigenvalue weighted by Crippen LogP contribution is 2.33. The third-order valence-electron chi connectivity index (χ3n) is 5.05. The first-order valence-electron chi connectivity index (χ1n) is 9.22. The van der Waals surface area contributed by atoms with Crippen LogP contribution in [-0.4, -0.2) is 42.9 Å². The van der Waals surface area contributed by atoms with E-state index < -0.39 is 0 Å². The van der Waals surface area contributed by atoms with Gasteiger partial charge in [0.2, 0.25) is 5.91 Å². The Morgan fingerprint density at radius 3 is 2.56 bits per heavy atom. The monoisotopic (exact) mass is 403 g/mol. The number of amides is 2. The van der Waals surface area contributed by atoms with Gasteiger partial charge in [0, 0.05) is 42.8 Å². The summed E-state index contributed by atoms with van der Waals surface area (Å²) < 4.78 is 0. The number of aryl methyl sites for hydroxylation is 1. The lowest BCUT2D eigenvalue weighted by Gasteiger charge is -2.36. The normalized spacial score (nSPS) is 17.1. The first-order chi connectivity index (χ1) is 13.0. The second kappa shape index (κ2) is 7.52. The van der Waals surface area contributed by atoms with Crippen molar-refractivity contribution in [2.45, 2.75) is 19.8 Å². The Kier molecular flexibility index (Phi) is 5.10. The lowest BCUT2D eigenvalue weighted by molar-refractivity contribution is -0.117. The number of carbonyl (C=O) groups excluding carboxylic acids is 2. The molecule has 4 rings (SSSR count). The third-order valence-corrected chi connectivity index (χ3v) is 6.42. The molecule has 0 unspecified atom stereocenters. The van der Waals surface area contributed by atoms with Gasteiger partial charge in [-0.1, -0.05) is 17.7 Å². The van der Waals surface area contributed by atoms with Gasteiger partial charge >= 0.3 is 0 Å². The molecule has 1 aromatic carbocycles. The molecule has 1 aliphatic heterocycles. The highest BCUT2D eigenvalue weighted by atomic mass is 35.5. The molecule has 7 heteroatoms. The van der Waals surface area contributed by atoms with E-state index in [4.69, 9.17) is 11.6 Å². The number of carbonyl (C=O) groups is 2. The molecule has 1 N–H and O–H groups in total. The molecule has 1 aliphatic carbocycles. The highest BCUT2D eigenvalue weighted by molar-refractivity contribution is 7.18. The highest BCUT2D eigenvalue weighted by Gasteiger charge is 2.30. The maximum absolute atomic E-state index is 12.9. The molecular formula is C20H22ClN3O2S. The van der Waals surface area contributed by atoms with Crippen LogP contribution in [0.25, 0.3) is 0 Å². The number of rotatable bonds is 4. The molecule has 0 spiro atoms. The summed E-state index contributed by atoms with van der Waals surface area (Å²) in [5.74, 6) is 0.284. The molecule has 2 fully saturated rings. The molecule has 0 bridgehead atoms. The number of benzene rings is 1. The maximum Gasteiger partial charge on any atom is 0.264 e. The van der Waals surface area contributed by atoms with Crippen molar-refractivity contribution >= 4 is 45.4 Å². The smallest absolute Gasteiger partial charge is 0.264 e. The lowest BCUT2D eigenvalue weighted by atomic mass is 10.2. The first kappa shape index (κ1) is 18.3. The summed E-state index contributed by atoms with van der Waals surface area (Å²) in [6.07, 6.45) is 1.94. The van der Waals surface area contributed by atoms with Crippen LogP contribution in [0.2, 0.25) is 5.02 Å². The van der Waals surface area contributed by atoms with E-state index in [1.807, 2.05) is 42.2 Å². The van der Waals surface area contributed by atoms with Gasteiger partial charge in [0.25, 0.3) is 5.91 Å². The van der Waals surface area contributed by atoms with Crippen LogP contribution in [0.1, 0.15) is 28.1 Å². The fourth-order valence-electron chi connectivity index (χ4n) is 3.31. The zero-order valence-electron chi connectivity index (χ0n) is 15.2. The number of hydrogen-bond donors (Lipinski definition) is 1. The van der Waals surface area contributed by atoms with E-state index >= 15 is 0 Å². The molecule has 2 aromatic rings. The minimum atomic E-state index is 0.0511. The predicted octanol–water partition coefficient (Wildman–Crippen LogP) is 4.02. The lowest BCUT2D eigenvalue weighted by Crippen LogP contribution is -2.48. The fourth-order valence-corrected chi connectivity index (χ4v) is 4.54. The Morgan fingerprint density at radius 1 is 1.15 bits per heavy atom. The zero-order valence-corrected chi connectivity index (χ0v) is 16.8. The van der Waals surface area contributed by atoms with Crippen LogP contribution < -0.4 is 10.2 Å². The summed E-state index contributed by atoms with van der Waals surface area (Å²) in [7, 11) is 0. The Labute approximate surface area is 167 Å². The summed E-state index contributed by atoms with van der Waals surface area (Å²) in [6.45, 7) is 4.83. The Hall–Kier alpha value is -2.05. The van der Waals surface area contributed by atoms with Crippen molar-refractivity contribution in [3.05, 3.63) is 45.8 Å². The van der Waals surface area contributed by atoms with Crippen molar-refractivity contribution in [3.63, 3.8) is 0 Å². The van der Waals surface area contributed by atoms with Gasteiger partial charge in [-0.05, 0) is 49.6 Å². The molecule has 5 nitrogen and oxygen atoms in total. The fraction of sp³-hybridized carbons (Fsp3) is 0.400. The third kappa shape index (κ3) is 4.12. The van der Waals surface area contributed by atoms with E-state index in [2.05, 4.69) is 10.2 Å². The van der Waals surface area contributed by atoms with Gasteiger partial charge in [-0.15, -0.1) is 11.3 Å². The van der Waals surface area contributed by atoms with Crippen LogP contribution in [0, 0.1) is 12.8 Å². The van der Waals surface area contributed by atoms with Gasteiger partial charge in [-0.25, -0.2) is 0 Å². The largest absolute Gasteiger partial charge is 0.368 e. The van der Waals surface area contributed by atoms with E-state index in [0.717, 1.165) is 52.1 Å². The van der Waals surface area contributed by atoms with Gasteiger partial charge in [-0.3, -0.25) is 9.59 Å². The Morgan fingerprint density at radius 2 is 1.89 bits per heavy atom. The van der Waals surface area contributed by atoms with Crippen LogP contribution in [-0.2, 0) is 4.79 Å². The van der Waals surface area contributed by atoms with Crippen molar-refractivity contribution in [1.29, 1.82) is 0 Å². The van der Waals surface area contributed by atoms with Crippen molar-refractivity contribution in [2.75, 3.05) is 36.4 Å². The summed E-state index contributed by atoms with van der Waals surface area (Å²) in [5.41, 5.74) is 2.01. The van der Waals surface area contributed by atoms with E-state index in [9.17, 15) is 9.59 Å². The van der Waals surface area contributed by atoms with Crippen LogP contribution >= 0.6 is 22.9 Å². The zero-order chi connectivity index (χ0) is 19.0. The number of nitrogens with zero attached hydrogens (tertiary/aromatic N) is 2. The molecule has 1 aromatic heterocycles. The summed E-state index contributed by atoms with van der Waals surface area (Å²) in [4.78, 5) is 29.8. The van der Waals surface area contributed by atoms with Crippen LogP contribution in [0.4, 0.5) is 10.7 Å².